The zero-order valence-corrected chi connectivity index (χ0v) is 13.2. The lowest BCUT2D eigenvalue weighted by Gasteiger charge is -2.26. The Bertz CT molecular complexity index is 361. The van der Waals surface area contributed by atoms with Gasteiger partial charge in [0.1, 0.15) is 0 Å². The van der Waals surface area contributed by atoms with Crippen molar-refractivity contribution in [3.63, 3.8) is 0 Å². The number of carbonyl (C=O) groups excluding carboxylic acids is 2. The van der Waals surface area contributed by atoms with Crippen LogP contribution in [0.4, 0.5) is 0 Å². The molecule has 2 unspecified atom stereocenters. The average Bonchev–Trinajstić information content (AvgIpc) is 2.91. The summed E-state index contributed by atoms with van der Waals surface area (Å²) in [6.07, 6.45) is 3.02. The molecule has 6 nitrogen and oxygen atoms in total. The maximum absolute atomic E-state index is 11.9. The third-order valence-electron chi connectivity index (χ3n) is 4.03. The number of hydrogen-bond donors (Lipinski definition) is 3. The van der Waals surface area contributed by atoms with Crippen molar-refractivity contribution < 1.29 is 14.7 Å². The number of nitrogens with one attached hydrogen (secondary N) is 2. The van der Waals surface area contributed by atoms with Crippen LogP contribution >= 0.6 is 11.8 Å². The Labute approximate surface area is 130 Å². The first kappa shape index (κ1) is 16.6. The van der Waals surface area contributed by atoms with Crippen molar-refractivity contribution in [3.8, 4) is 0 Å². The predicted octanol–water partition coefficient (Wildman–Crippen LogP) is -0.571. The smallest absolute Gasteiger partial charge is 0.232 e. The van der Waals surface area contributed by atoms with Gasteiger partial charge in [0.2, 0.25) is 11.8 Å². The van der Waals surface area contributed by atoms with E-state index in [1.165, 1.54) is 18.2 Å². The SMILES string of the molecule is O=C(CSCC(=O)N1CCCCC1)NCC1CNCC1O. The van der Waals surface area contributed by atoms with Crippen LogP contribution in [0, 0.1) is 5.92 Å². The van der Waals surface area contributed by atoms with E-state index < -0.39 is 0 Å². The molecule has 2 aliphatic rings. The van der Waals surface area contributed by atoms with Gasteiger partial charge in [0, 0.05) is 38.6 Å². The molecule has 0 spiro atoms. The van der Waals surface area contributed by atoms with Crippen LogP contribution < -0.4 is 10.6 Å². The van der Waals surface area contributed by atoms with Crippen molar-refractivity contribution in [2.45, 2.75) is 25.4 Å². The number of hydrogen-bond acceptors (Lipinski definition) is 5. The fourth-order valence-corrected chi connectivity index (χ4v) is 3.44. The molecule has 7 heteroatoms. The van der Waals surface area contributed by atoms with Crippen LogP contribution in [0.15, 0.2) is 0 Å². The summed E-state index contributed by atoms with van der Waals surface area (Å²) >= 11 is 1.37. The van der Waals surface area contributed by atoms with Gasteiger partial charge < -0.3 is 20.6 Å². The topological polar surface area (TPSA) is 81.7 Å². The number of rotatable bonds is 6. The van der Waals surface area contributed by atoms with E-state index in [2.05, 4.69) is 10.6 Å². The van der Waals surface area contributed by atoms with Crippen molar-refractivity contribution in [1.29, 1.82) is 0 Å². The van der Waals surface area contributed by atoms with Crippen LogP contribution in [0.25, 0.3) is 0 Å². The fourth-order valence-electron chi connectivity index (χ4n) is 2.69. The van der Waals surface area contributed by atoms with Gasteiger partial charge in [0.05, 0.1) is 17.6 Å². The average molecular weight is 315 g/mol. The molecule has 0 radical (unpaired) electrons. The maximum atomic E-state index is 11.9. The summed E-state index contributed by atoms with van der Waals surface area (Å²) in [6.45, 7) is 3.55. The number of aliphatic hydroxyl groups is 1. The van der Waals surface area contributed by atoms with Crippen molar-refractivity contribution in [3.05, 3.63) is 0 Å². The summed E-state index contributed by atoms with van der Waals surface area (Å²) in [4.78, 5) is 25.5. The van der Waals surface area contributed by atoms with E-state index in [-0.39, 0.29) is 23.8 Å². The van der Waals surface area contributed by atoms with Gasteiger partial charge >= 0.3 is 0 Å². The molecule has 2 atom stereocenters. The summed E-state index contributed by atoms with van der Waals surface area (Å²) < 4.78 is 0. The largest absolute Gasteiger partial charge is 0.391 e. The minimum absolute atomic E-state index is 0.0643. The number of β-amino-alcohol motifs (C(OH)–C–C–N with tert-alkyl or cyclic N) is 1. The minimum Gasteiger partial charge on any atom is -0.391 e. The molecule has 120 valence electrons. The normalized spacial score (nSPS) is 25.9. The molecule has 0 aromatic rings. The molecule has 0 aromatic heterocycles. The summed E-state index contributed by atoms with van der Waals surface area (Å²) in [5.74, 6) is 0.846. The number of likely N-dealkylation sites (tertiary alicyclic amines) is 1. The second-order valence-electron chi connectivity index (χ2n) is 5.72. The predicted molar refractivity (Wildman–Crippen MR) is 83.1 cm³/mol. The summed E-state index contributed by atoms with van der Waals surface area (Å²) in [5.41, 5.74) is 0. The minimum atomic E-state index is -0.376. The van der Waals surface area contributed by atoms with Crippen LogP contribution in [0.1, 0.15) is 19.3 Å². The highest BCUT2D eigenvalue weighted by Crippen LogP contribution is 2.11. The Morgan fingerprint density at radius 1 is 1.19 bits per heavy atom. The highest BCUT2D eigenvalue weighted by atomic mass is 32.2. The molecule has 2 rings (SSSR count). The lowest BCUT2D eigenvalue weighted by atomic mass is 10.1. The van der Waals surface area contributed by atoms with Gasteiger partial charge in [-0.15, -0.1) is 11.8 Å². The Morgan fingerprint density at radius 2 is 1.95 bits per heavy atom. The van der Waals surface area contributed by atoms with Gasteiger partial charge in [0.25, 0.3) is 0 Å². The van der Waals surface area contributed by atoms with Crippen molar-refractivity contribution in [2.24, 2.45) is 5.92 Å². The van der Waals surface area contributed by atoms with Crippen LogP contribution in [-0.2, 0) is 9.59 Å². The van der Waals surface area contributed by atoms with E-state index in [0.717, 1.165) is 32.5 Å². The molecule has 2 amide bonds. The molecular formula is C14H25N3O3S. The van der Waals surface area contributed by atoms with Crippen LogP contribution in [0.2, 0.25) is 0 Å². The van der Waals surface area contributed by atoms with Crippen LogP contribution in [0.5, 0.6) is 0 Å². The van der Waals surface area contributed by atoms with Gasteiger partial charge in [-0.3, -0.25) is 9.59 Å². The highest BCUT2D eigenvalue weighted by molar-refractivity contribution is 8.00. The van der Waals surface area contributed by atoms with Crippen LogP contribution in [-0.4, -0.2) is 72.2 Å². The number of amides is 2. The third-order valence-corrected chi connectivity index (χ3v) is 4.95. The monoisotopic (exact) mass is 315 g/mol. The van der Waals surface area contributed by atoms with E-state index in [4.69, 9.17) is 0 Å². The number of piperidine rings is 1. The molecule has 3 N–H and O–H groups in total. The molecule has 0 bridgehead atoms. The number of thioether (sulfide) groups is 1. The molecule has 0 saturated carbocycles. The van der Waals surface area contributed by atoms with Crippen molar-refractivity contribution in [1.82, 2.24) is 15.5 Å². The zero-order chi connectivity index (χ0) is 15.1. The Hall–Kier alpha value is -0.790. The standard InChI is InChI=1S/C14H25N3O3S/c18-12-8-15-6-11(12)7-16-13(19)9-21-10-14(20)17-4-2-1-3-5-17/h11-12,15,18H,1-10H2,(H,16,19). The van der Waals surface area contributed by atoms with Crippen molar-refractivity contribution in [2.75, 3.05) is 44.2 Å². The summed E-state index contributed by atoms with van der Waals surface area (Å²) in [7, 11) is 0. The number of carbonyl (C=O) groups is 2. The van der Waals surface area contributed by atoms with Gasteiger partial charge in [-0.1, -0.05) is 0 Å². The molecule has 0 aliphatic carbocycles. The van der Waals surface area contributed by atoms with E-state index in [1.807, 2.05) is 4.90 Å². The fraction of sp³-hybridized carbons (Fsp3) is 0.857. The number of nitrogens with zero attached hydrogens (tertiary/aromatic N) is 1. The molecule has 2 heterocycles. The molecule has 0 aromatic carbocycles. The first-order valence-corrected chi connectivity index (χ1v) is 8.83. The van der Waals surface area contributed by atoms with Crippen LogP contribution in [0.3, 0.4) is 0 Å². The molecule has 2 aliphatic heterocycles. The van der Waals surface area contributed by atoms with Gasteiger partial charge in [-0.05, 0) is 19.3 Å². The highest BCUT2D eigenvalue weighted by Gasteiger charge is 2.25. The van der Waals surface area contributed by atoms with E-state index in [9.17, 15) is 14.7 Å². The van der Waals surface area contributed by atoms with Gasteiger partial charge in [-0.2, -0.15) is 0 Å². The second-order valence-corrected chi connectivity index (χ2v) is 6.71. The maximum Gasteiger partial charge on any atom is 0.232 e. The summed E-state index contributed by atoms with van der Waals surface area (Å²) in [6, 6.07) is 0. The molecular weight excluding hydrogens is 290 g/mol. The van der Waals surface area contributed by atoms with Crippen molar-refractivity contribution >= 4 is 23.6 Å². The number of aliphatic hydroxyl groups excluding tert-OH is 1. The lowest BCUT2D eigenvalue weighted by molar-refractivity contribution is -0.129. The zero-order valence-electron chi connectivity index (χ0n) is 12.3. The third kappa shape index (κ3) is 5.48. The van der Waals surface area contributed by atoms with Gasteiger partial charge in [0.15, 0.2) is 0 Å². The van der Waals surface area contributed by atoms with E-state index in [1.54, 1.807) is 0 Å². The molecule has 2 fully saturated rings. The second kappa shape index (κ2) is 8.60. The van der Waals surface area contributed by atoms with E-state index in [0.29, 0.717) is 24.6 Å². The Morgan fingerprint density at radius 3 is 2.62 bits per heavy atom. The molecule has 21 heavy (non-hydrogen) atoms. The lowest BCUT2D eigenvalue weighted by Crippen LogP contribution is -2.37. The Kier molecular flexibility index (Phi) is 6.79. The van der Waals surface area contributed by atoms with Gasteiger partial charge in [-0.25, -0.2) is 0 Å². The first-order valence-electron chi connectivity index (χ1n) is 7.68. The summed E-state index contributed by atoms with van der Waals surface area (Å²) in [5, 5.41) is 15.5. The Balaban J connectivity index is 1.55. The molecule has 2 saturated heterocycles. The quantitative estimate of drug-likeness (QED) is 0.611. The van der Waals surface area contributed by atoms with E-state index >= 15 is 0 Å². The first-order chi connectivity index (χ1) is 10.2.